The molecule has 214 valence electrons. The zero-order chi connectivity index (χ0) is 29.2. The highest BCUT2D eigenvalue weighted by Gasteiger charge is 2.17. The smallest absolute Gasteiger partial charge is 0.255 e. The van der Waals surface area contributed by atoms with Crippen molar-refractivity contribution < 1.29 is 9.53 Å². The van der Waals surface area contributed by atoms with Crippen LogP contribution in [0.5, 0.6) is 11.5 Å². The van der Waals surface area contributed by atoms with E-state index in [1.54, 1.807) is 18.5 Å². The first-order chi connectivity index (χ1) is 20.3. The summed E-state index contributed by atoms with van der Waals surface area (Å²) in [5.41, 5.74) is 7.19. The zero-order valence-corrected chi connectivity index (χ0v) is 24.6. The van der Waals surface area contributed by atoms with Crippen LogP contribution in [0.4, 0.5) is 5.69 Å². The van der Waals surface area contributed by atoms with Crippen molar-refractivity contribution in [1.29, 1.82) is 0 Å². The highest BCUT2D eigenvalue weighted by atomic mass is 16.5. The number of benzene rings is 2. The lowest BCUT2D eigenvalue weighted by Crippen LogP contribution is -2.43. The number of carbonyl (C=O) groups excluding carboxylic acids is 1. The summed E-state index contributed by atoms with van der Waals surface area (Å²) < 4.78 is 8.46. The topological polar surface area (TPSA) is 75.5 Å². The van der Waals surface area contributed by atoms with Gasteiger partial charge in [-0.25, -0.2) is 4.98 Å². The van der Waals surface area contributed by atoms with Crippen LogP contribution in [0.15, 0.2) is 79.3 Å². The Morgan fingerprint density at radius 1 is 0.929 bits per heavy atom. The summed E-state index contributed by atoms with van der Waals surface area (Å²) in [5, 5.41) is 3.97. The Kier molecular flexibility index (Phi) is 7.73. The number of hydrogen-bond donors (Lipinski definition) is 1. The molecular weight excluding hydrogens is 524 g/mol. The molecule has 1 aliphatic heterocycles. The second kappa shape index (κ2) is 11.8. The molecular formula is C34H36N6O2. The Bertz CT molecular complexity index is 1740. The van der Waals surface area contributed by atoms with Crippen LogP contribution in [0.2, 0.25) is 0 Å². The molecule has 0 aliphatic carbocycles. The molecule has 5 aromatic rings. The number of anilines is 1. The van der Waals surface area contributed by atoms with Gasteiger partial charge in [-0.1, -0.05) is 12.1 Å². The molecule has 0 bridgehead atoms. The maximum Gasteiger partial charge on any atom is 0.255 e. The number of likely N-dealkylation sites (N-methyl/N-ethyl adjacent to an activating group) is 1. The summed E-state index contributed by atoms with van der Waals surface area (Å²) in [6.45, 7) is 9.36. The molecule has 8 nitrogen and oxygen atoms in total. The van der Waals surface area contributed by atoms with Crippen LogP contribution < -0.4 is 10.1 Å². The molecule has 2 aromatic carbocycles. The third-order valence-electron chi connectivity index (χ3n) is 8.02. The Balaban J connectivity index is 1.21. The predicted octanol–water partition coefficient (Wildman–Crippen LogP) is 6.04. The van der Waals surface area contributed by atoms with Crippen molar-refractivity contribution >= 4 is 22.6 Å². The normalized spacial score (nSPS) is 14.3. The van der Waals surface area contributed by atoms with Gasteiger partial charge < -0.3 is 19.5 Å². The van der Waals surface area contributed by atoms with Crippen LogP contribution >= 0.6 is 0 Å². The number of hydrogen-bond acceptors (Lipinski definition) is 6. The van der Waals surface area contributed by atoms with Crippen molar-refractivity contribution in [3.63, 3.8) is 0 Å². The Labute approximate surface area is 246 Å². The minimum Gasteiger partial charge on any atom is -0.456 e. The number of rotatable bonds is 7. The quantitative estimate of drug-likeness (QED) is 0.261. The largest absolute Gasteiger partial charge is 0.456 e. The first kappa shape index (κ1) is 27.6. The average molecular weight is 561 g/mol. The summed E-state index contributed by atoms with van der Waals surface area (Å²) in [6, 6.07) is 19.5. The number of pyridine rings is 2. The van der Waals surface area contributed by atoms with E-state index in [9.17, 15) is 4.79 Å². The van der Waals surface area contributed by atoms with Crippen molar-refractivity contribution in [2.75, 3.05) is 38.5 Å². The summed E-state index contributed by atoms with van der Waals surface area (Å²) >= 11 is 0. The van der Waals surface area contributed by atoms with Crippen molar-refractivity contribution in [2.24, 2.45) is 7.05 Å². The number of aryl methyl sites for hydroxylation is 3. The molecule has 42 heavy (non-hydrogen) atoms. The molecule has 4 heterocycles. The Morgan fingerprint density at radius 2 is 1.76 bits per heavy atom. The molecule has 0 unspecified atom stereocenters. The maximum atomic E-state index is 13.3. The van der Waals surface area contributed by atoms with Crippen LogP contribution in [-0.2, 0) is 13.6 Å². The lowest BCUT2D eigenvalue weighted by molar-refractivity contribution is 0.102. The van der Waals surface area contributed by atoms with E-state index in [4.69, 9.17) is 9.72 Å². The molecule has 0 atom stereocenters. The summed E-state index contributed by atoms with van der Waals surface area (Å²) in [6.07, 6.45) is 5.50. The van der Waals surface area contributed by atoms with Crippen LogP contribution in [-0.4, -0.2) is 63.5 Å². The van der Waals surface area contributed by atoms with E-state index in [1.165, 1.54) is 11.1 Å². The minimum atomic E-state index is -0.179. The predicted molar refractivity (Wildman–Crippen MR) is 167 cm³/mol. The molecule has 1 aliphatic rings. The average Bonchev–Trinajstić information content (AvgIpc) is 3.37. The highest BCUT2D eigenvalue weighted by Crippen LogP contribution is 2.35. The molecule has 6 rings (SSSR count). The van der Waals surface area contributed by atoms with Crippen molar-refractivity contribution in [2.45, 2.75) is 20.4 Å². The number of nitrogens with one attached hydrogen (secondary N) is 1. The first-order valence-electron chi connectivity index (χ1n) is 14.3. The van der Waals surface area contributed by atoms with Crippen LogP contribution in [0.25, 0.3) is 22.3 Å². The van der Waals surface area contributed by atoms with E-state index in [2.05, 4.69) is 46.2 Å². The molecule has 8 heteroatoms. The van der Waals surface area contributed by atoms with Gasteiger partial charge in [0.2, 0.25) is 0 Å². The van der Waals surface area contributed by atoms with Crippen molar-refractivity contribution in [3.05, 3.63) is 102 Å². The monoisotopic (exact) mass is 560 g/mol. The van der Waals surface area contributed by atoms with Gasteiger partial charge in [-0.2, -0.15) is 0 Å². The second-order valence-electron chi connectivity index (χ2n) is 11.2. The number of fused-ring (bicyclic) bond motifs is 1. The van der Waals surface area contributed by atoms with Gasteiger partial charge in [-0.05, 0) is 80.1 Å². The highest BCUT2D eigenvalue weighted by molar-refractivity contribution is 6.04. The molecule has 1 fully saturated rings. The van der Waals surface area contributed by atoms with E-state index in [-0.39, 0.29) is 5.91 Å². The zero-order valence-electron chi connectivity index (χ0n) is 24.6. The summed E-state index contributed by atoms with van der Waals surface area (Å²) in [5.74, 6) is 1.11. The van der Waals surface area contributed by atoms with Crippen molar-refractivity contribution in [3.8, 4) is 22.8 Å². The third-order valence-corrected chi connectivity index (χ3v) is 8.02. The van der Waals surface area contributed by atoms with Crippen LogP contribution in [0.3, 0.4) is 0 Å². The van der Waals surface area contributed by atoms with Gasteiger partial charge in [0, 0.05) is 81.2 Å². The van der Waals surface area contributed by atoms with Crippen LogP contribution in [0.1, 0.15) is 27.0 Å². The fraction of sp³-hybridized carbons (Fsp3) is 0.265. The van der Waals surface area contributed by atoms with Gasteiger partial charge in [0.05, 0.1) is 11.1 Å². The van der Waals surface area contributed by atoms with Crippen molar-refractivity contribution in [1.82, 2.24) is 24.3 Å². The van der Waals surface area contributed by atoms with Gasteiger partial charge in [0.15, 0.2) is 0 Å². The van der Waals surface area contributed by atoms with Gasteiger partial charge in [-0.15, -0.1) is 0 Å². The number of amides is 1. The van der Waals surface area contributed by atoms with Gasteiger partial charge >= 0.3 is 0 Å². The summed E-state index contributed by atoms with van der Waals surface area (Å²) in [4.78, 5) is 27.3. The number of carbonyl (C=O) groups is 1. The lowest BCUT2D eigenvalue weighted by atomic mass is 10.1. The van der Waals surface area contributed by atoms with E-state index < -0.39 is 0 Å². The number of nitrogens with zero attached hydrogens (tertiary/aromatic N) is 5. The number of ether oxygens (including phenoxy) is 1. The number of piperazine rings is 1. The fourth-order valence-electron chi connectivity index (χ4n) is 5.32. The first-order valence-corrected chi connectivity index (χ1v) is 14.3. The molecule has 1 saturated heterocycles. The maximum absolute atomic E-state index is 13.3. The van der Waals surface area contributed by atoms with Gasteiger partial charge in [-0.3, -0.25) is 14.7 Å². The van der Waals surface area contributed by atoms with Crippen LogP contribution in [0, 0.1) is 13.8 Å². The third kappa shape index (κ3) is 5.91. The van der Waals surface area contributed by atoms with Gasteiger partial charge in [0.1, 0.15) is 17.1 Å². The molecule has 0 saturated carbocycles. The molecule has 0 radical (unpaired) electrons. The second-order valence-corrected chi connectivity index (χ2v) is 11.2. The SMILES string of the molecule is Cc1cc(NC(=O)c2ccc(C)c(Oc3cc(-c4cccnc4)nc4c3ccn4C)c2)ccc1CN1CCN(C)CC1. The Morgan fingerprint density at radius 3 is 2.52 bits per heavy atom. The molecule has 0 spiro atoms. The molecule has 1 N–H and O–H groups in total. The Hall–Kier alpha value is -4.53. The van der Waals surface area contributed by atoms with E-state index >= 15 is 0 Å². The molecule has 3 aromatic heterocycles. The van der Waals surface area contributed by atoms with Gasteiger partial charge in [0.25, 0.3) is 5.91 Å². The lowest BCUT2D eigenvalue weighted by Gasteiger charge is -2.32. The molecule has 1 amide bonds. The van der Waals surface area contributed by atoms with E-state index in [0.717, 1.165) is 66.3 Å². The minimum absolute atomic E-state index is 0.179. The standard InChI is InChI=1S/C34H36N6O2/c1-23-7-8-25(34(41)36-28-10-9-27(24(2)18-28)22-40-16-14-38(3)15-17-40)19-31(23)42-32-20-30(26-6-5-12-35-21-26)37-33-29(32)11-13-39(33)4/h5-13,18-21H,14-17,22H2,1-4H3,(H,36,41). The van der Waals surface area contributed by atoms with E-state index in [1.807, 2.05) is 67.2 Å². The summed E-state index contributed by atoms with van der Waals surface area (Å²) in [7, 11) is 4.13. The fourth-order valence-corrected chi connectivity index (χ4v) is 5.32. The number of aromatic nitrogens is 3. The van der Waals surface area contributed by atoms with E-state index in [0.29, 0.717) is 17.1 Å².